The highest BCUT2D eigenvalue weighted by atomic mass is 19.1. The molecule has 3 rings (SSSR count). The number of imidazole rings is 1. The van der Waals surface area contributed by atoms with Crippen LogP contribution in [0.3, 0.4) is 0 Å². The molecule has 6 heteroatoms. The summed E-state index contributed by atoms with van der Waals surface area (Å²) in [6.07, 6.45) is 3.96. The van der Waals surface area contributed by atoms with E-state index < -0.39 is 0 Å². The topological polar surface area (TPSA) is 47.4 Å². The van der Waals surface area contributed by atoms with Crippen LogP contribution in [-0.2, 0) is 7.05 Å². The highest BCUT2D eigenvalue weighted by Gasteiger charge is 2.29. The highest BCUT2D eigenvalue weighted by molar-refractivity contribution is 5.91. The molecule has 2 heterocycles. The van der Waals surface area contributed by atoms with Crippen molar-refractivity contribution < 1.29 is 13.9 Å². The van der Waals surface area contributed by atoms with Gasteiger partial charge in [-0.1, -0.05) is 6.07 Å². The number of hydrogen-bond donors (Lipinski definition) is 0. The Bertz CT molecular complexity index is 656. The molecule has 5 nitrogen and oxygen atoms in total. The van der Waals surface area contributed by atoms with Crippen LogP contribution >= 0.6 is 0 Å². The van der Waals surface area contributed by atoms with E-state index in [1.807, 2.05) is 0 Å². The monoisotopic (exact) mass is 289 g/mol. The van der Waals surface area contributed by atoms with Gasteiger partial charge in [0.2, 0.25) is 0 Å². The van der Waals surface area contributed by atoms with Gasteiger partial charge in [-0.2, -0.15) is 0 Å². The van der Waals surface area contributed by atoms with Crippen molar-refractivity contribution in [2.75, 3.05) is 13.1 Å². The van der Waals surface area contributed by atoms with Gasteiger partial charge >= 0.3 is 0 Å². The Balaban J connectivity index is 1.63. The van der Waals surface area contributed by atoms with Crippen LogP contribution in [0.5, 0.6) is 5.75 Å². The second kappa shape index (κ2) is 5.55. The molecule has 1 unspecified atom stereocenters. The van der Waals surface area contributed by atoms with Crippen molar-refractivity contribution in [3.63, 3.8) is 0 Å². The molecule has 0 aliphatic carbocycles. The molecule has 110 valence electrons. The molecule has 1 aliphatic rings. The molecule has 1 amide bonds. The SMILES string of the molecule is Cn1ccnc1C(=O)N1CCC(Oc2cccc(F)c2)C1. The maximum absolute atomic E-state index is 13.1. The van der Waals surface area contributed by atoms with Crippen molar-refractivity contribution in [3.05, 3.63) is 48.3 Å². The fourth-order valence-electron chi connectivity index (χ4n) is 2.45. The van der Waals surface area contributed by atoms with Gasteiger partial charge in [0.25, 0.3) is 5.91 Å². The van der Waals surface area contributed by atoms with Gasteiger partial charge in [0.05, 0.1) is 6.54 Å². The second-order valence-electron chi connectivity index (χ2n) is 5.10. The molecule has 0 bridgehead atoms. The van der Waals surface area contributed by atoms with Crippen LogP contribution < -0.4 is 4.74 Å². The Hall–Kier alpha value is -2.37. The smallest absolute Gasteiger partial charge is 0.289 e. The summed E-state index contributed by atoms with van der Waals surface area (Å²) in [6, 6.07) is 6.05. The minimum absolute atomic E-state index is 0.104. The lowest BCUT2D eigenvalue weighted by molar-refractivity contribution is 0.0756. The summed E-state index contributed by atoms with van der Waals surface area (Å²) in [5.41, 5.74) is 0. The lowest BCUT2D eigenvalue weighted by atomic mass is 10.3. The first kappa shape index (κ1) is 13.6. The van der Waals surface area contributed by atoms with E-state index in [0.717, 1.165) is 6.42 Å². The number of halogens is 1. The van der Waals surface area contributed by atoms with E-state index in [0.29, 0.717) is 24.7 Å². The fourth-order valence-corrected chi connectivity index (χ4v) is 2.45. The lowest BCUT2D eigenvalue weighted by Gasteiger charge is -2.17. The first-order valence-corrected chi connectivity index (χ1v) is 6.82. The van der Waals surface area contributed by atoms with E-state index in [-0.39, 0.29) is 17.8 Å². The number of amides is 1. The van der Waals surface area contributed by atoms with Crippen molar-refractivity contribution in [3.8, 4) is 5.75 Å². The highest BCUT2D eigenvalue weighted by Crippen LogP contribution is 2.20. The number of nitrogens with zero attached hydrogens (tertiary/aromatic N) is 3. The van der Waals surface area contributed by atoms with Crippen molar-refractivity contribution >= 4 is 5.91 Å². The van der Waals surface area contributed by atoms with E-state index in [9.17, 15) is 9.18 Å². The zero-order valence-corrected chi connectivity index (χ0v) is 11.7. The quantitative estimate of drug-likeness (QED) is 0.866. The molecule has 21 heavy (non-hydrogen) atoms. The van der Waals surface area contributed by atoms with Gasteiger partial charge in [0, 0.05) is 38.5 Å². The maximum atomic E-state index is 13.1. The average molecular weight is 289 g/mol. The van der Waals surface area contributed by atoms with E-state index >= 15 is 0 Å². The molecule has 0 N–H and O–H groups in total. The number of aryl methyl sites for hydroxylation is 1. The summed E-state index contributed by atoms with van der Waals surface area (Å²) in [5.74, 6) is 0.479. The van der Waals surface area contributed by atoms with Crippen molar-refractivity contribution in [1.82, 2.24) is 14.5 Å². The number of ether oxygens (including phenoxy) is 1. The minimum atomic E-state index is -0.327. The van der Waals surface area contributed by atoms with Crippen molar-refractivity contribution in [1.29, 1.82) is 0 Å². The van der Waals surface area contributed by atoms with Crippen LogP contribution in [0, 0.1) is 5.82 Å². The maximum Gasteiger partial charge on any atom is 0.289 e. The summed E-state index contributed by atoms with van der Waals surface area (Å²) >= 11 is 0. The molecular weight excluding hydrogens is 273 g/mol. The predicted molar refractivity (Wildman–Crippen MR) is 74.5 cm³/mol. The van der Waals surface area contributed by atoms with Gasteiger partial charge in [-0.15, -0.1) is 0 Å². The van der Waals surface area contributed by atoms with Crippen molar-refractivity contribution in [2.45, 2.75) is 12.5 Å². The first-order valence-electron chi connectivity index (χ1n) is 6.82. The van der Waals surface area contributed by atoms with Gasteiger partial charge in [-0.25, -0.2) is 9.37 Å². The molecule has 1 aromatic carbocycles. The first-order chi connectivity index (χ1) is 10.1. The molecule has 2 aromatic rings. The largest absolute Gasteiger partial charge is 0.488 e. The van der Waals surface area contributed by atoms with E-state index in [2.05, 4.69) is 4.98 Å². The molecule has 0 radical (unpaired) electrons. The summed E-state index contributed by atoms with van der Waals surface area (Å²) < 4.78 is 20.5. The minimum Gasteiger partial charge on any atom is -0.488 e. The summed E-state index contributed by atoms with van der Waals surface area (Å²) in [5, 5.41) is 0. The summed E-state index contributed by atoms with van der Waals surface area (Å²) in [7, 11) is 1.79. The molecule has 0 saturated carbocycles. The number of benzene rings is 1. The molecule has 0 spiro atoms. The normalized spacial score (nSPS) is 18.0. The van der Waals surface area contributed by atoms with Gasteiger partial charge in [-0.3, -0.25) is 4.79 Å². The Morgan fingerprint density at radius 1 is 1.48 bits per heavy atom. The number of rotatable bonds is 3. The third-order valence-electron chi connectivity index (χ3n) is 3.54. The van der Waals surface area contributed by atoms with Crippen LogP contribution in [-0.4, -0.2) is 39.6 Å². The van der Waals surface area contributed by atoms with Gasteiger partial charge < -0.3 is 14.2 Å². The van der Waals surface area contributed by atoms with Gasteiger partial charge in [0.1, 0.15) is 17.7 Å². The van der Waals surface area contributed by atoms with Crippen LogP contribution in [0.4, 0.5) is 4.39 Å². The standard InChI is InChI=1S/C15H16FN3O2/c1-18-8-6-17-14(18)15(20)19-7-5-13(10-19)21-12-4-2-3-11(16)9-12/h2-4,6,8-9,13H,5,7,10H2,1H3. The van der Waals surface area contributed by atoms with Crippen LogP contribution in [0.2, 0.25) is 0 Å². The number of likely N-dealkylation sites (tertiary alicyclic amines) is 1. The molecule has 1 atom stereocenters. The fraction of sp³-hybridized carbons (Fsp3) is 0.333. The number of hydrogen-bond acceptors (Lipinski definition) is 3. The Labute approximate surface area is 122 Å². The Morgan fingerprint density at radius 3 is 3.05 bits per heavy atom. The molecular formula is C15H16FN3O2. The third kappa shape index (κ3) is 2.89. The third-order valence-corrected chi connectivity index (χ3v) is 3.54. The van der Waals surface area contributed by atoms with Gasteiger partial charge in [0.15, 0.2) is 5.82 Å². The molecule has 1 fully saturated rings. The van der Waals surface area contributed by atoms with E-state index in [4.69, 9.17) is 4.74 Å². The molecule has 1 aliphatic heterocycles. The lowest BCUT2D eigenvalue weighted by Crippen LogP contribution is -2.32. The Kier molecular flexibility index (Phi) is 3.60. The van der Waals surface area contributed by atoms with E-state index in [1.165, 1.54) is 12.1 Å². The number of aromatic nitrogens is 2. The summed E-state index contributed by atoms with van der Waals surface area (Å²) in [4.78, 5) is 18.1. The van der Waals surface area contributed by atoms with Crippen molar-refractivity contribution in [2.24, 2.45) is 7.05 Å². The second-order valence-corrected chi connectivity index (χ2v) is 5.10. The number of carbonyl (C=O) groups excluding carboxylic acids is 1. The average Bonchev–Trinajstić information content (AvgIpc) is 3.07. The number of carbonyl (C=O) groups is 1. The zero-order valence-electron chi connectivity index (χ0n) is 11.7. The Morgan fingerprint density at radius 2 is 2.33 bits per heavy atom. The van der Waals surface area contributed by atoms with E-state index in [1.54, 1.807) is 41.0 Å². The van der Waals surface area contributed by atoms with Crippen LogP contribution in [0.1, 0.15) is 17.0 Å². The predicted octanol–water partition coefficient (Wildman–Crippen LogP) is 1.85. The van der Waals surface area contributed by atoms with Gasteiger partial charge in [-0.05, 0) is 12.1 Å². The molecule has 1 saturated heterocycles. The van der Waals surface area contributed by atoms with Crippen LogP contribution in [0.25, 0.3) is 0 Å². The zero-order chi connectivity index (χ0) is 14.8. The van der Waals surface area contributed by atoms with Crippen LogP contribution in [0.15, 0.2) is 36.7 Å². The molecule has 1 aromatic heterocycles. The summed E-state index contributed by atoms with van der Waals surface area (Å²) in [6.45, 7) is 1.11.